The summed E-state index contributed by atoms with van der Waals surface area (Å²) in [6.45, 7) is 6.08. The van der Waals surface area contributed by atoms with Crippen LogP contribution in [0, 0.1) is 12.7 Å². The third kappa shape index (κ3) is 3.74. The maximum absolute atomic E-state index is 13.9. The molecule has 1 amide bonds. The lowest BCUT2D eigenvalue weighted by molar-refractivity contribution is -0.115. The standard InChI is InChI=1S/C21H21FN4OS2/c1-4-17(20(27)23-14-9-7-6-8-13(14)22)29-21-16-11-18-15(10-12(3)28-18)26(16)19(5-2)24-25-21/h6-11,17H,4-5H2,1-3H3,(H,23,27). The van der Waals surface area contributed by atoms with Crippen molar-refractivity contribution in [2.45, 2.75) is 43.9 Å². The molecule has 0 aliphatic carbocycles. The van der Waals surface area contributed by atoms with Crippen molar-refractivity contribution in [1.82, 2.24) is 14.6 Å². The van der Waals surface area contributed by atoms with Crippen LogP contribution in [0.3, 0.4) is 0 Å². The molecule has 3 aromatic heterocycles. The van der Waals surface area contributed by atoms with E-state index in [9.17, 15) is 9.18 Å². The van der Waals surface area contributed by atoms with Crippen LogP contribution in [0.2, 0.25) is 0 Å². The van der Waals surface area contributed by atoms with Crippen LogP contribution in [0.4, 0.5) is 10.1 Å². The molecule has 0 saturated heterocycles. The molecule has 8 heteroatoms. The average molecular weight is 429 g/mol. The average Bonchev–Trinajstić information content (AvgIpc) is 3.24. The summed E-state index contributed by atoms with van der Waals surface area (Å²) in [5, 5.41) is 11.8. The number of halogens is 1. The molecule has 3 heterocycles. The molecule has 1 N–H and O–H groups in total. The third-order valence-electron chi connectivity index (χ3n) is 4.71. The van der Waals surface area contributed by atoms with Crippen molar-refractivity contribution in [2.75, 3.05) is 5.32 Å². The van der Waals surface area contributed by atoms with Gasteiger partial charge in [-0.05, 0) is 37.6 Å². The summed E-state index contributed by atoms with van der Waals surface area (Å²) in [6.07, 6.45) is 1.35. The van der Waals surface area contributed by atoms with Crippen LogP contribution in [-0.2, 0) is 11.2 Å². The second kappa shape index (κ2) is 8.12. The lowest BCUT2D eigenvalue weighted by atomic mass is 10.2. The molecule has 1 unspecified atom stereocenters. The summed E-state index contributed by atoms with van der Waals surface area (Å²) in [5.74, 6) is 0.199. The predicted molar refractivity (Wildman–Crippen MR) is 117 cm³/mol. The van der Waals surface area contributed by atoms with Crippen LogP contribution in [0.25, 0.3) is 15.7 Å². The van der Waals surface area contributed by atoms with Crippen molar-refractivity contribution in [3.63, 3.8) is 0 Å². The number of amides is 1. The number of carbonyl (C=O) groups excluding carboxylic acids is 1. The molecule has 5 nitrogen and oxygen atoms in total. The largest absolute Gasteiger partial charge is 0.323 e. The normalized spacial score (nSPS) is 12.6. The van der Waals surface area contributed by atoms with Crippen LogP contribution >= 0.6 is 23.1 Å². The lowest BCUT2D eigenvalue weighted by Crippen LogP contribution is -2.25. The molecule has 0 bridgehead atoms. The molecule has 29 heavy (non-hydrogen) atoms. The number of thiophene rings is 1. The highest BCUT2D eigenvalue weighted by molar-refractivity contribution is 8.00. The van der Waals surface area contributed by atoms with Gasteiger partial charge in [-0.3, -0.25) is 9.20 Å². The molecule has 0 aliphatic heterocycles. The van der Waals surface area contributed by atoms with E-state index >= 15 is 0 Å². The number of aromatic nitrogens is 3. The van der Waals surface area contributed by atoms with E-state index in [0.717, 1.165) is 23.3 Å². The summed E-state index contributed by atoms with van der Waals surface area (Å²) < 4.78 is 17.2. The van der Waals surface area contributed by atoms with Crippen molar-refractivity contribution in [3.05, 3.63) is 52.9 Å². The van der Waals surface area contributed by atoms with Crippen molar-refractivity contribution in [2.24, 2.45) is 0 Å². The Labute approximate surface area is 176 Å². The number of anilines is 1. The number of aryl methyl sites for hydroxylation is 2. The summed E-state index contributed by atoms with van der Waals surface area (Å²) in [5.41, 5.74) is 2.27. The Hall–Kier alpha value is -2.45. The quantitative estimate of drug-likeness (QED) is 0.414. The second-order valence-corrected chi connectivity index (χ2v) is 9.21. The van der Waals surface area contributed by atoms with E-state index in [2.05, 4.69) is 45.9 Å². The molecule has 0 saturated carbocycles. The van der Waals surface area contributed by atoms with Crippen LogP contribution in [0.15, 0.2) is 41.4 Å². The molecule has 0 aliphatic rings. The first-order valence-electron chi connectivity index (χ1n) is 9.51. The van der Waals surface area contributed by atoms with Gasteiger partial charge in [0.05, 0.1) is 26.7 Å². The fourth-order valence-electron chi connectivity index (χ4n) is 3.30. The van der Waals surface area contributed by atoms with Gasteiger partial charge in [0.2, 0.25) is 5.91 Å². The minimum atomic E-state index is -0.447. The van der Waals surface area contributed by atoms with E-state index in [4.69, 9.17) is 0 Å². The Balaban J connectivity index is 1.68. The van der Waals surface area contributed by atoms with E-state index in [1.165, 1.54) is 27.4 Å². The number of hydrogen-bond acceptors (Lipinski definition) is 5. The van der Waals surface area contributed by atoms with E-state index < -0.39 is 11.1 Å². The van der Waals surface area contributed by atoms with Crippen molar-refractivity contribution in [1.29, 1.82) is 0 Å². The van der Waals surface area contributed by atoms with Crippen molar-refractivity contribution in [3.8, 4) is 0 Å². The molecular formula is C21H21FN4OS2. The number of hydrogen-bond donors (Lipinski definition) is 1. The highest BCUT2D eigenvalue weighted by Crippen LogP contribution is 2.35. The van der Waals surface area contributed by atoms with E-state index in [1.54, 1.807) is 29.5 Å². The van der Waals surface area contributed by atoms with Gasteiger partial charge in [0.15, 0.2) is 0 Å². The highest BCUT2D eigenvalue weighted by atomic mass is 32.2. The molecule has 0 spiro atoms. The zero-order valence-electron chi connectivity index (χ0n) is 16.4. The topological polar surface area (TPSA) is 59.3 Å². The maximum atomic E-state index is 13.9. The molecule has 0 radical (unpaired) electrons. The van der Waals surface area contributed by atoms with Crippen molar-refractivity contribution < 1.29 is 9.18 Å². The minimum Gasteiger partial charge on any atom is -0.323 e. The molecule has 0 fully saturated rings. The Morgan fingerprint density at radius 1 is 1.24 bits per heavy atom. The number of fused-ring (bicyclic) bond motifs is 3. The zero-order chi connectivity index (χ0) is 20.5. The minimum absolute atomic E-state index is 0.188. The number of carbonyl (C=O) groups is 1. The Morgan fingerprint density at radius 3 is 2.76 bits per heavy atom. The maximum Gasteiger partial charge on any atom is 0.237 e. The SMILES string of the molecule is CCc1nnc(SC(CC)C(=O)Nc2ccccc2F)c2cc3sc(C)cc3n12. The van der Waals surface area contributed by atoms with Gasteiger partial charge in [0, 0.05) is 11.3 Å². The predicted octanol–water partition coefficient (Wildman–Crippen LogP) is 5.46. The Kier molecular flexibility index (Phi) is 5.56. The number of benzene rings is 1. The van der Waals surface area contributed by atoms with Crippen LogP contribution in [-0.4, -0.2) is 25.8 Å². The lowest BCUT2D eigenvalue weighted by Gasteiger charge is -2.15. The van der Waals surface area contributed by atoms with Gasteiger partial charge in [-0.25, -0.2) is 4.39 Å². The molecule has 1 aromatic carbocycles. The Bertz CT molecular complexity index is 1200. The zero-order valence-corrected chi connectivity index (χ0v) is 18.0. The van der Waals surface area contributed by atoms with Gasteiger partial charge in [-0.1, -0.05) is 37.7 Å². The highest BCUT2D eigenvalue weighted by Gasteiger charge is 2.23. The molecule has 1 atom stereocenters. The number of nitrogens with zero attached hydrogens (tertiary/aromatic N) is 3. The van der Waals surface area contributed by atoms with Gasteiger partial charge >= 0.3 is 0 Å². The summed E-state index contributed by atoms with van der Waals surface area (Å²) >= 11 is 3.10. The van der Waals surface area contributed by atoms with E-state index in [0.29, 0.717) is 11.4 Å². The smallest absolute Gasteiger partial charge is 0.237 e. The summed E-state index contributed by atoms with van der Waals surface area (Å²) in [6, 6.07) is 10.5. The second-order valence-electron chi connectivity index (χ2n) is 6.73. The first-order valence-corrected chi connectivity index (χ1v) is 11.2. The first kappa shape index (κ1) is 19.8. The van der Waals surface area contributed by atoms with Gasteiger partial charge in [0.25, 0.3) is 0 Å². The summed E-state index contributed by atoms with van der Waals surface area (Å²) in [4.78, 5) is 14.0. The number of nitrogens with one attached hydrogen (secondary N) is 1. The number of rotatable bonds is 6. The molecular weight excluding hydrogens is 407 g/mol. The Morgan fingerprint density at radius 2 is 2.03 bits per heavy atom. The van der Waals surface area contributed by atoms with Gasteiger partial charge < -0.3 is 5.32 Å². The molecule has 150 valence electrons. The van der Waals surface area contributed by atoms with Gasteiger partial charge in [0.1, 0.15) is 16.7 Å². The van der Waals surface area contributed by atoms with Gasteiger partial charge in [-0.2, -0.15) is 0 Å². The molecule has 4 rings (SSSR count). The van der Waals surface area contributed by atoms with Crippen LogP contribution in [0.5, 0.6) is 0 Å². The fourth-order valence-corrected chi connectivity index (χ4v) is 5.20. The monoisotopic (exact) mass is 428 g/mol. The van der Waals surface area contributed by atoms with Crippen LogP contribution < -0.4 is 5.32 Å². The summed E-state index contributed by atoms with van der Waals surface area (Å²) in [7, 11) is 0. The third-order valence-corrected chi connectivity index (χ3v) is 7.04. The fraction of sp³-hybridized carbons (Fsp3) is 0.286. The first-order chi connectivity index (χ1) is 14.0. The van der Waals surface area contributed by atoms with E-state index in [-0.39, 0.29) is 11.6 Å². The van der Waals surface area contributed by atoms with E-state index in [1.807, 2.05) is 6.92 Å². The van der Waals surface area contributed by atoms with Crippen LogP contribution in [0.1, 0.15) is 31.0 Å². The number of para-hydroxylation sites is 1. The number of thioether (sulfide) groups is 1. The molecule has 4 aromatic rings. The van der Waals surface area contributed by atoms with Crippen molar-refractivity contribution >= 4 is 50.4 Å². The van der Waals surface area contributed by atoms with Gasteiger partial charge in [-0.15, -0.1) is 21.5 Å².